The molecule has 0 spiro atoms. The molecule has 0 aromatic carbocycles. The van der Waals surface area contributed by atoms with Crippen LogP contribution in [0.1, 0.15) is 0 Å². The monoisotopic (exact) mass is 712 g/mol. The van der Waals surface area contributed by atoms with E-state index in [1.54, 1.807) is 0 Å². The van der Waals surface area contributed by atoms with Gasteiger partial charge in [0, 0.05) is 0 Å². The van der Waals surface area contributed by atoms with Crippen molar-refractivity contribution in [2.75, 3.05) is 37.9 Å². The van der Waals surface area contributed by atoms with E-state index in [0.29, 0.717) is 0 Å². The van der Waals surface area contributed by atoms with Gasteiger partial charge in [-0.1, -0.05) is 24.5 Å². The van der Waals surface area contributed by atoms with Crippen LogP contribution >= 0.6 is 38.5 Å². The number of aromatic nitrogens is 8. The number of fused-ring (bicyclic) bond motifs is 2. The standard InChI is InChI=1S/C20H24F2N10O9P2S2/c21-12-8(1-39-42(35)44)38-4-20(12,32-7-28-11-16(32)29-18(24)30-17(11)34)41-43(36,45)40-2-9-13(33)19(22,3-37-9)31-6-27-10-14(23)25-5-26-15(10)31/h5-9,12-13,33,42H,1-4H2,(H,35,44)(H,36,45)(H2,23,25,26)(H3,24,29,30,34)/t8-,9-,12-,13-,19+,20-,43?/m1/s1. The number of aromatic amines is 1. The lowest BCUT2D eigenvalue weighted by atomic mass is 10.1. The number of hydrogen-bond acceptors (Lipinski definition) is 16. The second-order valence-electron chi connectivity index (χ2n) is 9.93. The van der Waals surface area contributed by atoms with Crippen LogP contribution in [0.3, 0.4) is 0 Å². The predicted octanol–water partition coefficient (Wildman–Crippen LogP) is 0.303. The van der Waals surface area contributed by atoms with Crippen LogP contribution in [0, 0.1) is 0 Å². The minimum atomic E-state index is -4.68. The summed E-state index contributed by atoms with van der Waals surface area (Å²) in [6.45, 7) is -7.36. The second-order valence-corrected chi connectivity index (χ2v) is 14.7. The minimum Gasteiger partial charge on any atom is -0.385 e. The fourth-order valence-corrected chi connectivity index (χ4v) is 7.23. The molecule has 6 heterocycles. The highest BCUT2D eigenvalue weighted by Gasteiger charge is 2.58. The zero-order valence-electron chi connectivity index (χ0n) is 22.5. The van der Waals surface area contributed by atoms with Crippen LogP contribution < -0.4 is 17.0 Å². The molecule has 19 nitrogen and oxygen atoms in total. The summed E-state index contributed by atoms with van der Waals surface area (Å²) in [5.41, 5.74) is 7.81. The lowest BCUT2D eigenvalue weighted by Crippen LogP contribution is -2.46. The number of hydrogen-bond donors (Lipinski definition) is 6. The fourth-order valence-electron chi connectivity index (χ4n) is 5.05. The van der Waals surface area contributed by atoms with Crippen molar-refractivity contribution in [3.05, 3.63) is 29.3 Å². The van der Waals surface area contributed by atoms with Crippen molar-refractivity contribution >= 4 is 72.6 Å². The normalized spacial score (nSPS) is 30.7. The van der Waals surface area contributed by atoms with Gasteiger partial charge in [0.25, 0.3) is 5.56 Å². The Kier molecular flexibility index (Phi) is 8.46. The van der Waals surface area contributed by atoms with E-state index in [1.807, 2.05) is 0 Å². The topological polar surface area (TPSA) is 260 Å². The van der Waals surface area contributed by atoms with Crippen LogP contribution in [0.15, 0.2) is 23.8 Å². The van der Waals surface area contributed by atoms with Gasteiger partial charge in [0.1, 0.15) is 36.8 Å². The van der Waals surface area contributed by atoms with Gasteiger partial charge in [0.15, 0.2) is 28.8 Å². The first-order chi connectivity index (χ1) is 21.3. The van der Waals surface area contributed by atoms with E-state index in [0.717, 1.165) is 28.1 Å². The number of thiol groups is 2. The summed E-state index contributed by atoms with van der Waals surface area (Å²) in [5.74, 6) is -2.97. The van der Waals surface area contributed by atoms with E-state index in [-0.39, 0.29) is 34.1 Å². The van der Waals surface area contributed by atoms with Gasteiger partial charge < -0.3 is 30.6 Å². The molecule has 0 radical (unpaired) electrons. The first kappa shape index (κ1) is 32.2. The number of nitrogen functional groups attached to an aromatic ring is 2. The molecule has 4 aromatic rings. The Bertz CT molecular complexity index is 1900. The van der Waals surface area contributed by atoms with Crippen molar-refractivity contribution in [3.63, 3.8) is 0 Å². The van der Waals surface area contributed by atoms with Crippen LogP contribution in [0.4, 0.5) is 20.5 Å². The van der Waals surface area contributed by atoms with Crippen LogP contribution in [0.5, 0.6) is 0 Å². The van der Waals surface area contributed by atoms with E-state index >= 15 is 8.78 Å². The third-order valence-corrected chi connectivity index (χ3v) is 9.62. The Labute approximate surface area is 260 Å². The molecular weight excluding hydrogens is 688 g/mol. The number of alkyl halides is 2. The minimum absolute atomic E-state index is 0.0123. The maximum absolute atomic E-state index is 16.2. The van der Waals surface area contributed by atoms with Crippen molar-refractivity contribution in [2.45, 2.75) is 36.0 Å². The Morgan fingerprint density at radius 2 is 1.84 bits per heavy atom. The van der Waals surface area contributed by atoms with Crippen LogP contribution in [0.25, 0.3) is 22.3 Å². The summed E-state index contributed by atoms with van der Waals surface area (Å²) < 4.78 is 86.0. The Balaban J connectivity index is 1.26. The van der Waals surface area contributed by atoms with Gasteiger partial charge in [-0.3, -0.25) is 32.5 Å². The van der Waals surface area contributed by atoms with E-state index in [1.165, 1.54) is 0 Å². The molecule has 2 fully saturated rings. The molecule has 244 valence electrons. The first-order valence-electron chi connectivity index (χ1n) is 12.7. The van der Waals surface area contributed by atoms with Crippen molar-refractivity contribution < 1.29 is 46.1 Å². The van der Waals surface area contributed by atoms with Crippen molar-refractivity contribution in [3.8, 4) is 0 Å². The number of rotatable bonds is 10. The van der Waals surface area contributed by atoms with Gasteiger partial charge in [0.05, 0.1) is 32.5 Å². The number of nitrogens with zero attached hydrogens (tertiary/aromatic N) is 7. The summed E-state index contributed by atoms with van der Waals surface area (Å²) in [4.78, 5) is 34.3. The van der Waals surface area contributed by atoms with Gasteiger partial charge in [-0.25, -0.2) is 33.3 Å². The number of nitrogens with two attached hydrogens (primary N) is 2. The Morgan fingerprint density at radius 1 is 1.13 bits per heavy atom. The number of anilines is 2. The van der Waals surface area contributed by atoms with Crippen molar-refractivity contribution in [1.29, 1.82) is 0 Å². The number of nitrogens with one attached hydrogen (secondary N) is 1. The highest BCUT2D eigenvalue weighted by atomic mass is 32.7. The number of ether oxygens (including phenoxy) is 2. The number of aliphatic hydroxyl groups excluding tert-OH is 1. The molecule has 6 N–H and O–H groups in total. The van der Waals surface area contributed by atoms with Gasteiger partial charge in [0.2, 0.25) is 24.7 Å². The molecule has 0 bridgehead atoms. The molecule has 0 amide bonds. The highest BCUT2D eigenvalue weighted by Crippen LogP contribution is 2.60. The summed E-state index contributed by atoms with van der Waals surface area (Å²) in [7, 11) is -2.80. The average Bonchev–Trinajstić information content (AvgIpc) is 3.73. The number of imidazole rings is 2. The Hall–Kier alpha value is -2.72. The number of H-pyrrole nitrogens is 1. The molecule has 0 aliphatic carbocycles. The Morgan fingerprint density at radius 3 is 2.60 bits per heavy atom. The van der Waals surface area contributed by atoms with Gasteiger partial charge in [-0.05, 0) is 0 Å². The number of halogens is 2. The molecule has 25 heteroatoms. The molecule has 2 unspecified atom stereocenters. The average molecular weight is 713 g/mol. The van der Waals surface area contributed by atoms with E-state index < -0.39 is 82.0 Å². The quantitative estimate of drug-likeness (QED) is 0.0954. The molecule has 0 saturated carbocycles. The summed E-state index contributed by atoms with van der Waals surface area (Å²) in [6, 6.07) is 0. The number of aliphatic hydroxyl groups is 1. The summed E-state index contributed by atoms with van der Waals surface area (Å²) in [6.07, 6.45) is -3.90. The molecule has 6 rings (SSSR count). The maximum Gasteiger partial charge on any atom is 0.388 e. The first-order valence-corrected chi connectivity index (χ1v) is 18.0. The van der Waals surface area contributed by atoms with Crippen molar-refractivity contribution in [1.82, 2.24) is 39.0 Å². The molecule has 2 saturated heterocycles. The smallest absolute Gasteiger partial charge is 0.385 e. The molecule has 45 heavy (non-hydrogen) atoms. The second kappa shape index (κ2) is 11.8. The van der Waals surface area contributed by atoms with E-state index in [2.05, 4.69) is 54.4 Å². The van der Waals surface area contributed by atoms with Gasteiger partial charge >= 0.3 is 6.80 Å². The molecule has 2 aliphatic heterocycles. The molecule has 4 aromatic heterocycles. The summed E-state index contributed by atoms with van der Waals surface area (Å²) >= 11 is 7.64. The lowest BCUT2D eigenvalue weighted by molar-refractivity contribution is -0.0686. The fraction of sp³-hybridized carbons (Fsp3) is 0.500. The van der Waals surface area contributed by atoms with Gasteiger partial charge in [-0.2, -0.15) is 4.98 Å². The predicted molar refractivity (Wildman–Crippen MR) is 157 cm³/mol. The van der Waals surface area contributed by atoms with Crippen LogP contribution in [-0.4, -0.2) is 95.1 Å². The van der Waals surface area contributed by atoms with Crippen molar-refractivity contribution in [2.24, 2.45) is 0 Å². The van der Waals surface area contributed by atoms with Crippen LogP contribution in [0.2, 0.25) is 0 Å². The van der Waals surface area contributed by atoms with Gasteiger partial charge in [-0.15, -0.1) is 0 Å². The third kappa shape index (κ3) is 5.64. The lowest BCUT2D eigenvalue weighted by Gasteiger charge is -2.34. The molecule has 2 aliphatic rings. The maximum atomic E-state index is 16.2. The van der Waals surface area contributed by atoms with E-state index in [4.69, 9.17) is 34.5 Å². The van der Waals surface area contributed by atoms with Crippen LogP contribution in [-0.2, 0) is 43.7 Å². The third-order valence-electron chi connectivity index (χ3n) is 7.21. The molecular formula is C20H24F2N10O9P2S2. The zero-order valence-corrected chi connectivity index (χ0v) is 26.1. The largest absolute Gasteiger partial charge is 0.388 e. The summed E-state index contributed by atoms with van der Waals surface area (Å²) in [5, 5.41) is 10.9. The SMILES string of the molecule is Nc1nc2c(ncn2[C@@]2(OP(=O)(S)OC[C@H]3OC[C@](F)(n4cnc5c(N)ncnc54)[C@@H]3O)CO[C@H](CO[PH](=O)S)[C@H]2F)c(=O)[nH]1. The highest BCUT2D eigenvalue weighted by molar-refractivity contribution is 8.44. The zero-order chi connectivity index (χ0) is 32.3. The molecule has 8 atom stereocenters. The van der Waals surface area contributed by atoms with E-state index in [9.17, 15) is 19.0 Å².